The maximum Gasteiger partial charge on any atom is 0.244 e. The predicted octanol–water partition coefficient (Wildman–Crippen LogP) is 2.32. The van der Waals surface area contributed by atoms with Crippen LogP contribution in [-0.2, 0) is 14.8 Å². The van der Waals surface area contributed by atoms with Crippen molar-refractivity contribution in [2.24, 2.45) is 0 Å². The van der Waals surface area contributed by atoms with Gasteiger partial charge in [-0.2, -0.15) is 4.31 Å². The number of morpholine rings is 1. The Kier molecular flexibility index (Phi) is 4.18. The van der Waals surface area contributed by atoms with Crippen LogP contribution in [0.5, 0.6) is 0 Å². The molecule has 0 spiro atoms. The van der Waals surface area contributed by atoms with Crippen LogP contribution in [0.1, 0.15) is 5.56 Å². The van der Waals surface area contributed by atoms with Crippen LogP contribution in [0.3, 0.4) is 0 Å². The van der Waals surface area contributed by atoms with E-state index in [2.05, 4.69) is 0 Å². The lowest BCUT2D eigenvalue weighted by Gasteiger charge is -2.26. The molecule has 0 saturated carbocycles. The van der Waals surface area contributed by atoms with Crippen LogP contribution in [-0.4, -0.2) is 39.0 Å². The second-order valence-electron chi connectivity index (χ2n) is 4.05. The molecule has 18 heavy (non-hydrogen) atoms. The third kappa shape index (κ3) is 2.65. The highest BCUT2D eigenvalue weighted by molar-refractivity contribution is 7.89. The van der Waals surface area contributed by atoms with Crippen LogP contribution < -0.4 is 0 Å². The smallest absolute Gasteiger partial charge is 0.244 e. The van der Waals surface area contributed by atoms with Crippen molar-refractivity contribution in [3.05, 3.63) is 27.7 Å². The fraction of sp³-hybridized carbons (Fsp3) is 0.455. The highest BCUT2D eigenvalue weighted by atomic mass is 35.5. The topological polar surface area (TPSA) is 46.6 Å². The largest absolute Gasteiger partial charge is 0.379 e. The summed E-state index contributed by atoms with van der Waals surface area (Å²) < 4.78 is 31.4. The molecule has 0 amide bonds. The van der Waals surface area contributed by atoms with E-state index in [1.54, 1.807) is 6.92 Å². The third-order valence-electron chi connectivity index (χ3n) is 2.80. The van der Waals surface area contributed by atoms with E-state index in [4.69, 9.17) is 27.9 Å². The van der Waals surface area contributed by atoms with Crippen LogP contribution >= 0.6 is 23.2 Å². The average molecular weight is 310 g/mol. The second kappa shape index (κ2) is 5.35. The molecular weight excluding hydrogens is 297 g/mol. The van der Waals surface area contributed by atoms with Gasteiger partial charge in [-0.05, 0) is 24.6 Å². The number of ether oxygens (including phenoxy) is 1. The number of hydrogen-bond acceptors (Lipinski definition) is 3. The molecule has 0 N–H and O–H groups in total. The molecule has 1 heterocycles. The van der Waals surface area contributed by atoms with Gasteiger partial charge < -0.3 is 4.74 Å². The lowest BCUT2D eigenvalue weighted by molar-refractivity contribution is 0.0730. The van der Waals surface area contributed by atoms with Gasteiger partial charge in [0.1, 0.15) is 4.90 Å². The first-order valence-electron chi connectivity index (χ1n) is 5.46. The summed E-state index contributed by atoms with van der Waals surface area (Å²) in [5, 5.41) is 0.609. The summed E-state index contributed by atoms with van der Waals surface area (Å²) in [6, 6.07) is 2.97. The zero-order valence-corrected chi connectivity index (χ0v) is 12.1. The summed E-state index contributed by atoms with van der Waals surface area (Å²) in [7, 11) is -3.57. The van der Waals surface area contributed by atoms with Crippen molar-refractivity contribution in [2.75, 3.05) is 26.3 Å². The molecule has 0 aromatic heterocycles. The molecule has 2 rings (SSSR count). The monoisotopic (exact) mass is 309 g/mol. The van der Waals surface area contributed by atoms with E-state index in [-0.39, 0.29) is 9.92 Å². The van der Waals surface area contributed by atoms with Gasteiger partial charge in [0.2, 0.25) is 10.0 Å². The Morgan fingerprint density at radius 2 is 1.78 bits per heavy atom. The van der Waals surface area contributed by atoms with Crippen molar-refractivity contribution >= 4 is 33.2 Å². The molecule has 1 fully saturated rings. The molecule has 7 heteroatoms. The molecule has 1 saturated heterocycles. The van der Waals surface area contributed by atoms with E-state index in [1.807, 2.05) is 0 Å². The molecule has 1 aliphatic heterocycles. The van der Waals surface area contributed by atoms with E-state index in [9.17, 15) is 8.42 Å². The third-order valence-corrected chi connectivity index (χ3v) is 5.57. The maximum atomic E-state index is 12.4. The Morgan fingerprint density at radius 3 is 2.39 bits per heavy atom. The first-order valence-corrected chi connectivity index (χ1v) is 7.66. The minimum Gasteiger partial charge on any atom is -0.379 e. The van der Waals surface area contributed by atoms with Crippen LogP contribution in [0.2, 0.25) is 10.0 Å². The van der Waals surface area contributed by atoms with Gasteiger partial charge in [0.05, 0.1) is 18.2 Å². The quantitative estimate of drug-likeness (QED) is 0.842. The zero-order chi connectivity index (χ0) is 13.3. The minimum atomic E-state index is -3.57. The fourth-order valence-corrected chi connectivity index (χ4v) is 3.97. The molecule has 0 radical (unpaired) electrons. The number of aryl methyl sites for hydroxylation is 1. The molecule has 4 nitrogen and oxygen atoms in total. The summed E-state index contributed by atoms with van der Waals surface area (Å²) in [6.45, 7) is 3.25. The molecular formula is C11H13Cl2NO3S. The Labute approximate surface area is 116 Å². The minimum absolute atomic E-state index is 0.105. The van der Waals surface area contributed by atoms with Gasteiger partial charge in [-0.15, -0.1) is 0 Å². The maximum absolute atomic E-state index is 12.4. The lowest BCUT2D eigenvalue weighted by Crippen LogP contribution is -2.40. The summed E-state index contributed by atoms with van der Waals surface area (Å²) >= 11 is 11.9. The Bertz CT molecular complexity index is 554. The van der Waals surface area contributed by atoms with Gasteiger partial charge in [0.15, 0.2) is 0 Å². The lowest BCUT2D eigenvalue weighted by atomic mass is 10.2. The fourth-order valence-electron chi connectivity index (χ4n) is 1.75. The molecule has 0 atom stereocenters. The van der Waals surface area contributed by atoms with Crippen molar-refractivity contribution in [1.82, 2.24) is 4.31 Å². The van der Waals surface area contributed by atoms with E-state index >= 15 is 0 Å². The van der Waals surface area contributed by atoms with E-state index < -0.39 is 10.0 Å². The Hall–Kier alpha value is -0.330. The normalized spacial score (nSPS) is 17.9. The van der Waals surface area contributed by atoms with Crippen LogP contribution in [0.25, 0.3) is 0 Å². The first kappa shape index (κ1) is 14.1. The van der Waals surface area contributed by atoms with Gasteiger partial charge in [-0.25, -0.2) is 8.42 Å². The van der Waals surface area contributed by atoms with Crippen molar-refractivity contribution in [3.8, 4) is 0 Å². The standard InChI is InChI=1S/C11H13Cl2NO3S/c1-8-6-11(10(13)7-9(8)12)18(15,16)14-2-4-17-5-3-14/h6-7H,2-5H2,1H3. The summed E-state index contributed by atoms with van der Waals surface area (Å²) in [5.41, 5.74) is 0.688. The molecule has 1 aliphatic rings. The predicted molar refractivity (Wildman–Crippen MR) is 70.8 cm³/mol. The summed E-state index contributed by atoms with van der Waals surface area (Å²) in [5.74, 6) is 0. The number of hydrogen-bond donors (Lipinski definition) is 0. The SMILES string of the molecule is Cc1cc(S(=O)(=O)N2CCOCC2)c(Cl)cc1Cl. The van der Waals surface area contributed by atoms with Crippen molar-refractivity contribution < 1.29 is 13.2 Å². The average Bonchev–Trinajstić information content (AvgIpc) is 2.34. The second-order valence-corrected chi connectivity index (χ2v) is 6.77. The van der Waals surface area contributed by atoms with E-state index in [1.165, 1.54) is 16.4 Å². The highest BCUT2D eigenvalue weighted by Crippen LogP contribution is 2.30. The summed E-state index contributed by atoms with van der Waals surface area (Å²) in [6.07, 6.45) is 0. The van der Waals surface area contributed by atoms with E-state index in [0.717, 1.165) is 0 Å². The number of benzene rings is 1. The van der Waals surface area contributed by atoms with Gasteiger partial charge >= 0.3 is 0 Å². The number of sulfonamides is 1. The summed E-state index contributed by atoms with van der Waals surface area (Å²) in [4.78, 5) is 0.105. The molecule has 0 aliphatic carbocycles. The van der Waals surface area contributed by atoms with Crippen molar-refractivity contribution in [2.45, 2.75) is 11.8 Å². The van der Waals surface area contributed by atoms with Gasteiger partial charge in [0.25, 0.3) is 0 Å². The zero-order valence-electron chi connectivity index (χ0n) is 9.82. The molecule has 1 aromatic rings. The van der Waals surface area contributed by atoms with Crippen LogP contribution in [0, 0.1) is 6.92 Å². The van der Waals surface area contributed by atoms with Crippen molar-refractivity contribution in [3.63, 3.8) is 0 Å². The van der Waals surface area contributed by atoms with Gasteiger partial charge in [0, 0.05) is 18.1 Å². The molecule has 1 aromatic carbocycles. The first-order chi connectivity index (χ1) is 8.43. The van der Waals surface area contributed by atoms with Gasteiger partial charge in [-0.1, -0.05) is 23.2 Å². The van der Waals surface area contributed by atoms with Crippen molar-refractivity contribution in [1.29, 1.82) is 0 Å². The molecule has 0 unspecified atom stereocenters. The van der Waals surface area contributed by atoms with Gasteiger partial charge in [-0.3, -0.25) is 0 Å². The van der Waals surface area contributed by atoms with Crippen LogP contribution in [0.4, 0.5) is 0 Å². The Morgan fingerprint density at radius 1 is 1.17 bits per heavy atom. The highest BCUT2D eigenvalue weighted by Gasteiger charge is 2.28. The number of rotatable bonds is 2. The van der Waals surface area contributed by atoms with E-state index in [0.29, 0.717) is 36.9 Å². The number of halogens is 2. The number of nitrogens with zero attached hydrogens (tertiary/aromatic N) is 1. The molecule has 100 valence electrons. The Balaban J connectivity index is 2.43. The molecule has 0 bridgehead atoms. The van der Waals surface area contributed by atoms with Crippen LogP contribution in [0.15, 0.2) is 17.0 Å².